The number of Topliss-reactive ketones (excluding diaryl/α,β-unsaturated/α-hetero) is 1. The molecule has 0 aliphatic carbocycles. The number of carbonyl (C=O) groups excluding carboxylic acids is 2. The summed E-state index contributed by atoms with van der Waals surface area (Å²) < 4.78 is 4.73. The van der Waals surface area contributed by atoms with E-state index in [1.54, 1.807) is 6.92 Å². The van der Waals surface area contributed by atoms with Crippen LogP contribution in [0, 0.1) is 6.92 Å². The van der Waals surface area contributed by atoms with Crippen LogP contribution in [0.25, 0.3) is 0 Å². The van der Waals surface area contributed by atoms with Crippen LogP contribution >= 0.6 is 0 Å². The summed E-state index contributed by atoms with van der Waals surface area (Å²) in [4.78, 5) is 25.7. The third kappa shape index (κ3) is 4.35. The first-order chi connectivity index (χ1) is 7.08. The first-order valence-corrected chi connectivity index (χ1v) is 4.63. The van der Waals surface area contributed by atoms with Crippen molar-refractivity contribution >= 4 is 11.7 Å². The Morgan fingerprint density at radius 3 is 2.67 bits per heavy atom. The Kier molecular flexibility index (Phi) is 3.96. The van der Waals surface area contributed by atoms with E-state index in [-0.39, 0.29) is 31.1 Å². The quantitative estimate of drug-likeness (QED) is 0.760. The van der Waals surface area contributed by atoms with E-state index in [9.17, 15) is 9.59 Å². The lowest BCUT2D eigenvalue weighted by Gasteiger charge is -1.99. The molecule has 0 atom stereocenters. The number of hydrogen-bond donors (Lipinski definition) is 1. The average molecular weight is 211 g/mol. The second-order valence-corrected chi connectivity index (χ2v) is 3.21. The molecule has 1 N–H and O–H groups in total. The minimum absolute atomic E-state index is 0.000514. The summed E-state index contributed by atoms with van der Waals surface area (Å²) in [7, 11) is 0. The van der Waals surface area contributed by atoms with E-state index in [4.69, 9.17) is 4.52 Å². The molecule has 0 aliphatic heterocycles. The zero-order chi connectivity index (χ0) is 11.3. The van der Waals surface area contributed by atoms with E-state index in [0.29, 0.717) is 11.7 Å². The van der Waals surface area contributed by atoms with Crippen LogP contribution < -0.4 is 5.32 Å². The molecule has 1 rings (SSSR count). The van der Waals surface area contributed by atoms with Crippen LogP contribution in [0.4, 0.5) is 0 Å². The molecule has 82 valence electrons. The molecular weight excluding hydrogens is 198 g/mol. The van der Waals surface area contributed by atoms with Crippen LogP contribution in [0.1, 0.15) is 31.5 Å². The van der Waals surface area contributed by atoms with E-state index in [0.717, 1.165) is 0 Å². The van der Waals surface area contributed by atoms with Gasteiger partial charge in [0.15, 0.2) is 5.82 Å². The highest BCUT2D eigenvalue weighted by Crippen LogP contribution is 1.95. The van der Waals surface area contributed by atoms with Gasteiger partial charge in [-0.05, 0) is 6.92 Å². The summed E-state index contributed by atoms with van der Waals surface area (Å²) in [6.45, 7) is 3.36. The summed E-state index contributed by atoms with van der Waals surface area (Å²) in [6, 6.07) is 0. The summed E-state index contributed by atoms with van der Waals surface area (Å²) in [5, 5.41) is 6.21. The SMILES string of the molecule is CC(=O)CCC(=O)NCc1noc(C)n1. The fourth-order valence-electron chi connectivity index (χ4n) is 0.969. The lowest BCUT2D eigenvalue weighted by molar-refractivity contribution is -0.124. The second-order valence-electron chi connectivity index (χ2n) is 3.21. The van der Waals surface area contributed by atoms with Gasteiger partial charge in [-0.3, -0.25) is 4.79 Å². The standard InChI is InChI=1S/C9H13N3O3/c1-6(13)3-4-9(14)10-5-8-11-7(2)15-12-8/h3-5H2,1-2H3,(H,10,14). The van der Waals surface area contributed by atoms with Crippen molar-refractivity contribution in [2.45, 2.75) is 33.2 Å². The third-order valence-corrected chi connectivity index (χ3v) is 1.72. The topological polar surface area (TPSA) is 85.1 Å². The number of carbonyl (C=O) groups is 2. The number of amides is 1. The van der Waals surface area contributed by atoms with Crippen LogP contribution in [0.2, 0.25) is 0 Å². The molecule has 15 heavy (non-hydrogen) atoms. The van der Waals surface area contributed by atoms with Gasteiger partial charge < -0.3 is 14.6 Å². The smallest absolute Gasteiger partial charge is 0.223 e. The Hall–Kier alpha value is -1.72. The van der Waals surface area contributed by atoms with Crippen LogP contribution in [-0.4, -0.2) is 21.8 Å². The molecule has 0 saturated carbocycles. The minimum Gasteiger partial charge on any atom is -0.349 e. The normalized spacial score (nSPS) is 10.0. The fraction of sp³-hybridized carbons (Fsp3) is 0.556. The first kappa shape index (κ1) is 11.4. The average Bonchev–Trinajstić information content (AvgIpc) is 2.58. The molecule has 0 spiro atoms. The van der Waals surface area contributed by atoms with E-state index >= 15 is 0 Å². The van der Waals surface area contributed by atoms with E-state index in [1.165, 1.54) is 6.92 Å². The van der Waals surface area contributed by atoms with Gasteiger partial charge in [0.1, 0.15) is 5.78 Å². The van der Waals surface area contributed by atoms with Crippen molar-refractivity contribution in [3.05, 3.63) is 11.7 Å². The zero-order valence-electron chi connectivity index (χ0n) is 8.74. The van der Waals surface area contributed by atoms with Crippen molar-refractivity contribution in [1.29, 1.82) is 0 Å². The summed E-state index contributed by atoms with van der Waals surface area (Å²) >= 11 is 0. The largest absolute Gasteiger partial charge is 0.349 e. The number of aryl methyl sites for hydroxylation is 1. The molecule has 1 amide bonds. The van der Waals surface area contributed by atoms with Crippen molar-refractivity contribution in [3.8, 4) is 0 Å². The van der Waals surface area contributed by atoms with Crippen LogP contribution in [0.15, 0.2) is 4.52 Å². The second kappa shape index (κ2) is 5.23. The van der Waals surface area contributed by atoms with E-state index < -0.39 is 0 Å². The monoisotopic (exact) mass is 211 g/mol. The molecule has 0 aliphatic rings. The molecule has 0 radical (unpaired) electrons. The predicted molar refractivity (Wildman–Crippen MR) is 50.8 cm³/mol. The Morgan fingerprint density at radius 1 is 1.40 bits per heavy atom. The number of nitrogens with one attached hydrogen (secondary N) is 1. The molecule has 6 nitrogen and oxygen atoms in total. The number of rotatable bonds is 5. The molecule has 6 heteroatoms. The Balaban J connectivity index is 2.25. The molecule has 0 saturated heterocycles. The Morgan fingerprint density at radius 2 is 2.13 bits per heavy atom. The highest BCUT2D eigenvalue weighted by Gasteiger charge is 2.06. The third-order valence-electron chi connectivity index (χ3n) is 1.72. The molecule has 0 bridgehead atoms. The van der Waals surface area contributed by atoms with E-state index in [1.807, 2.05) is 0 Å². The van der Waals surface area contributed by atoms with Crippen LogP contribution in [0.3, 0.4) is 0 Å². The fourth-order valence-corrected chi connectivity index (χ4v) is 0.969. The molecule has 0 fully saturated rings. The number of nitrogens with zero attached hydrogens (tertiary/aromatic N) is 2. The molecule has 0 aromatic carbocycles. The first-order valence-electron chi connectivity index (χ1n) is 4.63. The highest BCUT2D eigenvalue weighted by molar-refractivity contribution is 5.83. The van der Waals surface area contributed by atoms with Gasteiger partial charge in [0, 0.05) is 19.8 Å². The Bertz CT molecular complexity index is 359. The van der Waals surface area contributed by atoms with Gasteiger partial charge >= 0.3 is 0 Å². The molecule has 1 aromatic rings. The molecule has 1 heterocycles. The predicted octanol–water partition coefficient (Wildman–Crippen LogP) is 0.363. The van der Waals surface area contributed by atoms with Crippen molar-refractivity contribution in [2.75, 3.05) is 0 Å². The molecule has 1 aromatic heterocycles. The number of ketones is 1. The summed E-state index contributed by atoms with van der Waals surface area (Å²) in [6.07, 6.45) is 0.462. The molecule has 0 unspecified atom stereocenters. The minimum atomic E-state index is -0.187. The maximum absolute atomic E-state index is 11.2. The zero-order valence-corrected chi connectivity index (χ0v) is 8.74. The lowest BCUT2D eigenvalue weighted by atomic mass is 10.2. The number of hydrogen-bond acceptors (Lipinski definition) is 5. The van der Waals surface area contributed by atoms with Gasteiger partial charge in [-0.1, -0.05) is 5.16 Å². The van der Waals surface area contributed by atoms with Gasteiger partial charge in [0.05, 0.1) is 6.54 Å². The van der Waals surface area contributed by atoms with Crippen molar-refractivity contribution in [1.82, 2.24) is 15.5 Å². The lowest BCUT2D eigenvalue weighted by Crippen LogP contribution is -2.23. The highest BCUT2D eigenvalue weighted by atomic mass is 16.5. The van der Waals surface area contributed by atoms with Gasteiger partial charge in [-0.15, -0.1) is 0 Å². The van der Waals surface area contributed by atoms with Crippen molar-refractivity contribution < 1.29 is 14.1 Å². The van der Waals surface area contributed by atoms with Gasteiger partial charge in [-0.25, -0.2) is 0 Å². The summed E-state index contributed by atoms with van der Waals surface area (Å²) in [5.41, 5.74) is 0. The van der Waals surface area contributed by atoms with Crippen molar-refractivity contribution in [3.63, 3.8) is 0 Å². The number of aromatic nitrogens is 2. The van der Waals surface area contributed by atoms with Crippen molar-refractivity contribution in [2.24, 2.45) is 0 Å². The van der Waals surface area contributed by atoms with Crippen LogP contribution in [-0.2, 0) is 16.1 Å². The Labute approximate surface area is 87.0 Å². The maximum Gasteiger partial charge on any atom is 0.223 e. The van der Waals surface area contributed by atoms with E-state index in [2.05, 4.69) is 15.5 Å². The van der Waals surface area contributed by atoms with Gasteiger partial charge in [0.2, 0.25) is 11.8 Å². The molecular formula is C9H13N3O3. The van der Waals surface area contributed by atoms with Gasteiger partial charge in [0.25, 0.3) is 0 Å². The maximum atomic E-state index is 11.2. The van der Waals surface area contributed by atoms with Crippen LogP contribution in [0.5, 0.6) is 0 Å². The summed E-state index contributed by atoms with van der Waals surface area (Å²) in [5.74, 6) is 0.708. The van der Waals surface area contributed by atoms with Gasteiger partial charge in [-0.2, -0.15) is 4.98 Å².